The molecule has 1 unspecified atom stereocenters. The van der Waals surface area contributed by atoms with E-state index in [2.05, 4.69) is 6.58 Å². The second-order valence-electron chi connectivity index (χ2n) is 3.77. The first kappa shape index (κ1) is 14.2. The minimum atomic E-state index is -3.25. The van der Waals surface area contributed by atoms with Crippen LogP contribution in [-0.4, -0.2) is 17.1 Å². The van der Waals surface area contributed by atoms with Crippen LogP contribution in [0.3, 0.4) is 0 Å². The number of benzene rings is 1. The van der Waals surface area contributed by atoms with Crippen LogP contribution >= 0.6 is 11.8 Å². The molecule has 1 N–H and O–H groups in total. The molecule has 0 saturated carbocycles. The Bertz CT molecular complexity index is 365. The minimum Gasteiger partial charge on any atom is -0.386 e. The van der Waals surface area contributed by atoms with Gasteiger partial charge in [-0.2, -0.15) is 8.78 Å². The molecule has 0 fully saturated rings. The third-order valence-corrected chi connectivity index (χ3v) is 3.36. The van der Waals surface area contributed by atoms with Crippen molar-refractivity contribution in [2.75, 3.05) is 0 Å². The predicted octanol–water partition coefficient (Wildman–Crippen LogP) is 4.09. The molecule has 1 nitrogen and oxygen atoms in total. The van der Waals surface area contributed by atoms with Crippen LogP contribution in [0.4, 0.5) is 8.78 Å². The molecule has 17 heavy (non-hydrogen) atoms. The fraction of sp³-hybridized carbons (Fsp3) is 0.385. The zero-order valence-corrected chi connectivity index (χ0v) is 10.5. The molecule has 94 valence electrons. The number of alkyl halides is 2. The third-order valence-electron chi connectivity index (χ3n) is 2.34. The van der Waals surface area contributed by atoms with Crippen LogP contribution < -0.4 is 0 Å². The number of hydrogen-bond donors (Lipinski definition) is 1. The summed E-state index contributed by atoms with van der Waals surface area (Å²) in [6.07, 6.45) is -1.07. The van der Waals surface area contributed by atoms with Gasteiger partial charge in [0.2, 0.25) is 0 Å². The molecule has 0 aliphatic rings. The summed E-state index contributed by atoms with van der Waals surface area (Å²) in [5.74, 6) is -3.25. The van der Waals surface area contributed by atoms with Gasteiger partial charge in [-0.3, -0.25) is 0 Å². The summed E-state index contributed by atoms with van der Waals surface area (Å²) in [7, 11) is 0. The Morgan fingerprint density at radius 2 is 2.00 bits per heavy atom. The van der Waals surface area contributed by atoms with E-state index in [0.29, 0.717) is 11.3 Å². The van der Waals surface area contributed by atoms with Gasteiger partial charge >= 0.3 is 5.92 Å². The molecule has 0 heterocycles. The van der Waals surface area contributed by atoms with Crippen molar-refractivity contribution in [3.05, 3.63) is 41.8 Å². The maximum atomic E-state index is 13.7. The van der Waals surface area contributed by atoms with E-state index in [-0.39, 0.29) is 11.3 Å². The molecule has 0 aliphatic carbocycles. The van der Waals surface area contributed by atoms with E-state index in [1.54, 1.807) is 31.2 Å². The number of rotatable bonds is 6. The summed E-state index contributed by atoms with van der Waals surface area (Å²) in [5, 5.41) is 9.40. The molecule has 1 rings (SSSR count). The summed E-state index contributed by atoms with van der Waals surface area (Å²) < 4.78 is 27.4. The van der Waals surface area contributed by atoms with Gasteiger partial charge in [0.25, 0.3) is 0 Å². The van der Waals surface area contributed by atoms with Crippen molar-refractivity contribution >= 4 is 11.8 Å². The van der Waals surface area contributed by atoms with E-state index in [9.17, 15) is 13.9 Å². The van der Waals surface area contributed by atoms with Crippen LogP contribution in [0.1, 0.15) is 19.8 Å². The molecule has 0 bridgehead atoms. The summed E-state index contributed by atoms with van der Waals surface area (Å²) in [6.45, 7) is 5.13. The Labute approximate surface area is 105 Å². The minimum absolute atomic E-state index is 0.0708. The molecular formula is C13H16F2OS. The lowest BCUT2D eigenvalue weighted by Gasteiger charge is -2.23. The summed E-state index contributed by atoms with van der Waals surface area (Å²) in [6, 6.07) is 8.83. The van der Waals surface area contributed by atoms with E-state index in [1.165, 1.54) is 0 Å². The molecule has 1 atom stereocenters. The van der Waals surface area contributed by atoms with Gasteiger partial charge in [-0.25, -0.2) is 0 Å². The van der Waals surface area contributed by atoms with Crippen LogP contribution in [0.25, 0.3) is 0 Å². The van der Waals surface area contributed by atoms with Crippen molar-refractivity contribution in [1.29, 1.82) is 0 Å². The van der Waals surface area contributed by atoms with E-state index in [0.717, 1.165) is 11.8 Å². The van der Waals surface area contributed by atoms with E-state index in [1.807, 2.05) is 6.07 Å². The Hall–Kier alpha value is -0.870. The van der Waals surface area contributed by atoms with E-state index < -0.39 is 12.0 Å². The monoisotopic (exact) mass is 258 g/mol. The van der Waals surface area contributed by atoms with Crippen molar-refractivity contribution in [2.45, 2.75) is 36.7 Å². The van der Waals surface area contributed by atoms with Gasteiger partial charge in [-0.15, -0.1) is 0 Å². The van der Waals surface area contributed by atoms with Crippen LogP contribution in [0, 0.1) is 0 Å². The predicted molar refractivity (Wildman–Crippen MR) is 67.3 cm³/mol. The third kappa shape index (κ3) is 3.82. The molecular weight excluding hydrogens is 242 g/mol. The van der Waals surface area contributed by atoms with Gasteiger partial charge in [0.1, 0.15) is 6.10 Å². The molecule has 0 spiro atoms. The van der Waals surface area contributed by atoms with Gasteiger partial charge in [-0.1, -0.05) is 49.9 Å². The fourth-order valence-electron chi connectivity index (χ4n) is 1.34. The Kier molecular flexibility index (Phi) is 5.15. The van der Waals surface area contributed by atoms with Gasteiger partial charge < -0.3 is 5.11 Å². The second kappa shape index (κ2) is 6.17. The zero-order chi connectivity index (χ0) is 12.9. The molecule has 4 heteroatoms. The number of halogens is 2. The molecule has 0 amide bonds. The summed E-state index contributed by atoms with van der Waals surface area (Å²) >= 11 is 0.900. The lowest BCUT2D eigenvalue weighted by molar-refractivity contribution is -0.0752. The molecule has 0 saturated heterocycles. The quantitative estimate of drug-likeness (QED) is 0.775. The maximum absolute atomic E-state index is 13.7. The first-order chi connectivity index (χ1) is 7.98. The highest BCUT2D eigenvalue weighted by molar-refractivity contribution is 8.03. The number of hydrogen-bond acceptors (Lipinski definition) is 2. The average Bonchev–Trinajstić information content (AvgIpc) is 2.30. The lowest BCUT2D eigenvalue weighted by atomic mass is 10.1. The summed E-state index contributed by atoms with van der Waals surface area (Å²) in [5.41, 5.74) is 0. The van der Waals surface area contributed by atoms with Gasteiger partial charge in [0, 0.05) is 4.90 Å². The van der Waals surface area contributed by atoms with Crippen molar-refractivity contribution in [1.82, 2.24) is 0 Å². The molecule has 0 aliphatic heterocycles. The van der Waals surface area contributed by atoms with E-state index in [4.69, 9.17) is 0 Å². The average molecular weight is 258 g/mol. The SMILES string of the molecule is C=C(Sc1ccccc1)C(F)(F)C(O)CCC. The number of aliphatic hydroxyl groups is 1. The summed E-state index contributed by atoms with van der Waals surface area (Å²) in [4.78, 5) is 0.380. The zero-order valence-electron chi connectivity index (χ0n) is 9.70. The standard InChI is InChI=1S/C13H16F2OS/c1-3-7-12(16)13(14,15)10(2)17-11-8-5-4-6-9-11/h4-6,8-9,12,16H,2-3,7H2,1H3. The van der Waals surface area contributed by atoms with Gasteiger partial charge in [0.15, 0.2) is 0 Å². The Morgan fingerprint density at radius 3 is 2.53 bits per heavy atom. The van der Waals surface area contributed by atoms with Crippen LogP contribution in [0.15, 0.2) is 46.7 Å². The van der Waals surface area contributed by atoms with Gasteiger partial charge in [0.05, 0.1) is 4.91 Å². The number of thioether (sulfide) groups is 1. The molecule has 1 aromatic rings. The molecule has 1 aromatic carbocycles. The normalized spacial score (nSPS) is 13.4. The van der Waals surface area contributed by atoms with Crippen molar-refractivity contribution in [2.24, 2.45) is 0 Å². The topological polar surface area (TPSA) is 20.2 Å². The molecule has 0 radical (unpaired) electrons. The number of aliphatic hydroxyl groups excluding tert-OH is 1. The van der Waals surface area contributed by atoms with Crippen molar-refractivity contribution in [3.8, 4) is 0 Å². The fourth-order valence-corrected chi connectivity index (χ4v) is 2.19. The first-order valence-corrected chi connectivity index (χ1v) is 6.28. The van der Waals surface area contributed by atoms with Crippen LogP contribution in [0.2, 0.25) is 0 Å². The second-order valence-corrected chi connectivity index (χ2v) is 4.93. The highest BCUT2D eigenvalue weighted by Crippen LogP contribution is 2.39. The van der Waals surface area contributed by atoms with Crippen molar-refractivity contribution in [3.63, 3.8) is 0 Å². The van der Waals surface area contributed by atoms with Gasteiger partial charge in [-0.05, 0) is 18.6 Å². The van der Waals surface area contributed by atoms with Crippen LogP contribution in [0.5, 0.6) is 0 Å². The van der Waals surface area contributed by atoms with E-state index >= 15 is 0 Å². The Balaban J connectivity index is 2.69. The highest BCUT2D eigenvalue weighted by Gasteiger charge is 2.41. The lowest BCUT2D eigenvalue weighted by Crippen LogP contribution is -2.34. The Morgan fingerprint density at radius 1 is 1.41 bits per heavy atom. The van der Waals surface area contributed by atoms with Crippen LogP contribution in [-0.2, 0) is 0 Å². The maximum Gasteiger partial charge on any atom is 0.303 e. The van der Waals surface area contributed by atoms with Crippen molar-refractivity contribution < 1.29 is 13.9 Å². The first-order valence-electron chi connectivity index (χ1n) is 5.46. The largest absolute Gasteiger partial charge is 0.386 e. The highest BCUT2D eigenvalue weighted by atomic mass is 32.2. The smallest absolute Gasteiger partial charge is 0.303 e. The molecule has 0 aromatic heterocycles.